The number of carbonyl (C=O) groups excluding carboxylic acids is 4. The molecule has 0 aliphatic heterocycles. The maximum Gasteiger partial charge on any atom is 0.308 e. The van der Waals surface area contributed by atoms with E-state index < -0.39 is 24.5 Å². The first kappa shape index (κ1) is 23.6. The molecule has 0 fully saturated rings. The molecule has 0 aliphatic carbocycles. The van der Waals surface area contributed by atoms with Crippen molar-refractivity contribution < 1.29 is 23.9 Å². The lowest BCUT2D eigenvalue weighted by atomic mass is 10.0. The third kappa shape index (κ3) is 8.30. The minimum Gasteiger partial charge on any atom is -0.455 e. The van der Waals surface area contributed by atoms with Crippen molar-refractivity contribution in [2.45, 2.75) is 26.3 Å². The molecule has 0 bridgehead atoms. The van der Waals surface area contributed by atoms with Crippen LogP contribution in [-0.4, -0.2) is 48.8 Å². The molecule has 1 atom stereocenters. The molecule has 0 unspecified atom stereocenters. The summed E-state index contributed by atoms with van der Waals surface area (Å²) in [5.41, 5.74) is 2.46. The molecule has 2 N–H and O–H groups in total. The van der Waals surface area contributed by atoms with Crippen molar-refractivity contribution in [3.05, 3.63) is 65.7 Å². The van der Waals surface area contributed by atoms with Gasteiger partial charge in [0.1, 0.15) is 0 Å². The molecule has 164 valence electrons. The van der Waals surface area contributed by atoms with Gasteiger partial charge in [0.25, 0.3) is 5.91 Å². The maximum absolute atomic E-state index is 12.2. The van der Waals surface area contributed by atoms with Crippen molar-refractivity contribution >= 4 is 29.4 Å². The van der Waals surface area contributed by atoms with Gasteiger partial charge in [-0.3, -0.25) is 19.2 Å². The van der Waals surface area contributed by atoms with Crippen molar-refractivity contribution in [2.75, 3.05) is 25.5 Å². The number of hydrogen-bond donors (Lipinski definition) is 2. The Kier molecular flexibility index (Phi) is 8.75. The quantitative estimate of drug-likeness (QED) is 0.600. The molecule has 3 amide bonds. The number of esters is 1. The first-order valence-corrected chi connectivity index (χ1v) is 9.82. The van der Waals surface area contributed by atoms with Crippen LogP contribution in [0.3, 0.4) is 0 Å². The van der Waals surface area contributed by atoms with E-state index in [-0.39, 0.29) is 24.8 Å². The highest BCUT2D eigenvalue weighted by atomic mass is 16.5. The molecule has 0 aliphatic rings. The topological polar surface area (TPSA) is 105 Å². The van der Waals surface area contributed by atoms with Gasteiger partial charge >= 0.3 is 5.97 Å². The SMILES string of the molecule is CC(=O)N[C@H](CC(=O)OCC(=O)N(C)CC(=O)Nc1ccc(C)cc1)c1ccccc1. The van der Waals surface area contributed by atoms with E-state index in [1.807, 2.05) is 25.1 Å². The second-order valence-corrected chi connectivity index (χ2v) is 7.19. The summed E-state index contributed by atoms with van der Waals surface area (Å²) in [7, 11) is 1.45. The molecule has 8 nitrogen and oxygen atoms in total. The van der Waals surface area contributed by atoms with Gasteiger partial charge in [0, 0.05) is 19.7 Å². The van der Waals surface area contributed by atoms with E-state index in [9.17, 15) is 19.2 Å². The van der Waals surface area contributed by atoms with E-state index in [0.29, 0.717) is 5.69 Å². The van der Waals surface area contributed by atoms with Crippen LogP contribution in [0.4, 0.5) is 5.69 Å². The predicted octanol–water partition coefficient (Wildman–Crippen LogP) is 2.20. The highest BCUT2D eigenvalue weighted by Crippen LogP contribution is 2.17. The minimum absolute atomic E-state index is 0.117. The van der Waals surface area contributed by atoms with Crippen molar-refractivity contribution in [1.82, 2.24) is 10.2 Å². The Morgan fingerprint density at radius 3 is 2.26 bits per heavy atom. The zero-order valence-electron chi connectivity index (χ0n) is 17.9. The predicted molar refractivity (Wildman–Crippen MR) is 116 cm³/mol. The molecule has 0 saturated carbocycles. The van der Waals surface area contributed by atoms with Crippen molar-refractivity contribution in [3.63, 3.8) is 0 Å². The molecule has 0 radical (unpaired) electrons. The summed E-state index contributed by atoms with van der Waals surface area (Å²) in [4.78, 5) is 49.2. The number of amides is 3. The van der Waals surface area contributed by atoms with Gasteiger partial charge in [-0.1, -0.05) is 48.0 Å². The molecule has 0 heterocycles. The Morgan fingerprint density at radius 2 is 1.65 bits per heavy atom. The van der Waals surface area contributed by atoms with Crippen LogP contribution in [0.25, 0.3) is 0 Å². The second kappa shape index (κ2) is 11.5. The van der Waals surface area contributed by atoms with Crippen LogP contribution >= 0.6 is 0 Å². The zero-order valence-corrected chi connectivity index (χ0v) is 17.9. The first-order chi connectivity index (χ1) is 14.7. The third-order valence-corrected chi connectivity index (χ3v) is 4.45. The van der Waals surface area contributed by atoms with E-state index in [0.717, 1.165) is 11.1 Å². The van der Waals surface area contributed by atoms with Crippen LogP contribution < -0.4 is 10.6 Å². The van der Waals surface area contributed by atoms with Crippen LogP contribution in [0, 0.1) is 6.92 Å². The number of ether oxygens (including phenoxy) is 1. The summed E-state index contributed by atoms with van der Waals surface area (Å²) in [6, 6.07) is 15.7. The van der Waals surface area contributed by atoms with E-state index in [1.165, 1.54) is 18.9 Å². The van der Waals surface area contributed by atoms with Crippen molar-refractivity contribution in [3.8, 4) is 0 Å². The van der Waals surface area contributed by atoms with Gasteiger partial charge in [-0.15, -0.1) is 0 Å². The first-order valence-electron chi connectivity index (χ1n) is 9.82. The lowest BCUT2D eigenvalue weighted by molar-refractivity contribution is -0.152. The fourth-order valence-electron chi connectivity index (χ4n) is 2.80. The number of aryl methyl sites for hydroxylation is 1. The highest BCUT2D eigenvalue weighted by Gasteiger charge is 2.20. The molecular formula is C23H27N3O5. The minimum atomic E-state index is -0.631. The smallest absolute Gasteiger partial charge is 0.308 e. The van der Waals surface area contributed by atoms with Gasteiger partial charge in [-0.2, -0.15) is 0 Å². The second-order valence-electron chi connectivity index (χ2n) is 7.19. The Hall–Kier alpha value is -3.68. The van der Waals surface area contributed by atoms with Crippen LogP contribution in [0.5, 0.6) is 0 Å². The number of likely N-dealkylation sites (N-methyl/N-ethyl adjacent to an activating group) is 1. The van der Waals surface area contributed by atoms with Crippen LogP contribution in [0.15, 0.2) is 54.6 Å². The number of hydrogen-bond acceptors (Lipinski definition) is 5. The number of anilines is 1. The van der Waals surface area contributed by atoms with Crippen LogP contribution in [-0.2, 0) is 23.9 Å². The fourth-order valence-corrected chi connectivity index (χ4v) is 2.80. The number of carbonyl (C=O) groups is 4. The van der Waals surface area contributed by atoms with E-state index in [4.69, 9.17) is 4.74 Å². The van der Waals surface area contributed by atoms with Gasteiger partial charge in [-0.25, -0.2) is 0 Å². The van der Waals surface area contributed by atoms with Crippen LogP contribution in [0.2, 0.25) is 0 Å². The number of rotatable bonds is 9. The van der Waals surface area contributed by atoms with Gasteiger partial charge in [0.2, 0.25) is 11.8 Å². The lowest BCUT2D eigenvalue weighted by Crippen LogP contribution is -2.37. The highest BCUT2D eigenvalue weighted by molar-refractivity contribution is 5.94. The normalized spacial score (nSPS) is 11.2. The molecule has 2 rings (SSSR count). The third-order valence-electron chi connectivity index (χ3n) is 4.45. The molecule has 2 aromatic rings. The summed E-state index contributed by atoms with van der Waals surface area (Å²) >= 11 is 0. The van der Waals surface area contributed by atoms with Gasteiger partial charge in [0.05, 0.1) is 19.0 Å². The molecule has 8 heteroatoms. The average Bonchev–Trinajstić information content (AvgIpc) is 2.73. The maximum atomic E-state index is 12.2. The Balaban J connectivity index is 1.81. The van der Waals surface area contributed by atoms with Crippen LogP contribution in [0.1, 0.15) is 30.5 Å². The zero-order chi connectivity index (χ0) is 22.8. The van der Waals surface area contributed by atoms with E-state index in [1.54, 1.807) is 36.4 Å². The Bertz CT molecular complexity index is 913. The van der Waals surface area contributed by atoms with Gasteiger partial charge in [-0.05, 0) is 24.6 Å². The van der Waals surface area contributed by atoms with Crippen molar-refractivity contribution in [2.24, 2.45) is 0 Å². The number of nitrogens with zero attached hydrogens (tertiary/aromatic N) is 1. The largest absolute Gasteiger partial charge is 0.455 e. The standard InChI is InChI=1S/C23H27N3O5/c1-16-9-11-19(12-10-16)25-21(28)14-26(3)22(29)15-31-23(30)13-20(24-17(2)27)18-7-5-4-6-8-18/h4-12,20H,13-15H2,1-3H3,(H,24,27)(H,25,28)/t20-/m1/s1. The average molecular weight is 425 g/mol. The molecule has 0 saturated heterocycles. The summed E-state index contributed by atoms with van der Waals surface area (Å²) in [5.74, 6) is -1.78. The lowest BCUT2D eigenvalue weighted by Gasteiger charge is -2.19. The Morgan fingerprint density at radius 1 is 1.00 bits per heavy atom. The molecule has 31 heavy (non-hydrogen) atoms. The molecule has 2 aromatic carbocycles. The summed E-state index contributed by atoms with van der Waals surface area (Å²) in [5, 5.41) is 5.40. The summed E-state index contributed by atoms with van der Waals surface area (Å²) < 4.78 is 5.06. The molecule has 0 spiro atoms. The van der Waals surface area contributed by atoms with E-state index >= 15 is 0 Å². The summed E-state index contributed by atoms with van der Waals surface area (Å²) in [6.07, 6.45) is -0.117. The molecule has 0 aromatic heterocycles. The monoisotopic (exact) mass is 425 g/mol. The van der Waals surface area contributed by atoms with Crippen molar-refractivity contribution in [1.29, 1.82) is 0 Å². The van der Waals surface area contributed by atoms with Gasteiger partial charge in [0.15, 0.2) is 6.61 Å². The number of nitrogens with one attached hydrogen (secondary N) is 2. The Labute approximate surface area is 181 Å². The fraction of sp³-hybridized carbons (Fsp3) is 0.304. The van der Waals surface area contributed by atoms with E-state index in [2.05, 4.69) is 10.6 Å². The summed E-state index contributed by atoms with van der Waals surface area (Å²) in [6.45, 7) is 2.64. The van der Waals surface area contributed by atoms with Gasteiger partial charge < -0.3 is 20.3 Å². The molecular weight excluding hydrogens is 398 g/mol. The number of benzene rings is 2.